The standard InChI is InChI=1S/C18H31NO2/c1-6-12-21-17-10-8-16(9-11-17)15(5)19-18(14(3)4)13-20-7-2/h8-11,14-15,18-19H,6-7,12-13H2,1-5H3. The Kier molecular flexibility index (Phi) is 8.40. The average Bonchev–Trinajstić information content (AvgIpc) is 2.49. The summed E-state index contributed by atoms with van der Waals surface area (Å²) in [6.07, 6.45) is 1.03. The first-order valence-electron chi connectivity index (χ1n) is 8.15. The van der Waals surface area contributed by atoms with Crippen LogP contribution in [0.4, 0.5) is 0 Å². The van der Waals surface area contributed by atoms with Gasteiger partial charge >= 0.3 is 0 Å². The maximum atomic E-state index is 5.62. The predicted octanol–water partition coefficient (Wildman–Crippen LogP) is 4.19. The molecule has 0 aliphatic carbocycles. The third-order valence-electron chi connectivity index (χ3n) is 3.62. The van der Waals surface area contributed by atoms with E-state index in [0.717, 1.165) is 32.0 Å². The fraction of sp³-hybridized carbons (Fsp3) is 0.667. The van der Waals surface area contributed by atoms with Gasteiger partial charge in [0.25, 0.3) is 0 Å². The minimum atomic E-state index is 0.304. The highest BCUT2D eigenvalue weighted by Crippen LogP contribution is 2.19. The third kappa shape index (κ3) is 6.49. The van der Waals surface area contributed by atoms with Crippen molar-refractivity contribution >= 4 is 0 Å². The van der Waals surface area contributed by atoms with E-state index in [1.54, 1.807) is 0 Å². The predicted molar refractivity (Wildman–Crippen MR) is 88.9 cm³/mol. The summed E-state index contributed by atoms with van der Waals surface area (Å²) in [4.78, 5) is 0. The largest absolute Gasteiger partial charge is 0.494 e. The lowest BCUT2D eigenvalue weighted by Gasteiger charge is -2.26. The molecule has 0 heterocycles. The van der Waals surface area contributed by atoms with E-state index >= 15 is 0 Å². The Labute approximate surface area is 130 Å². The molecule has 3 nitrogen and oxygen atoms in total. The van der Waals surface area contributed by atoms with Crippen LogP contribution < -0.4 is 10.1 Å². The molecule has 0 aliphatic rings. The quantitative estimate of drug-likeness (QED) is 0.702. The minimum absolute atomic E-state index is 0.304. The summed E-state index contributed by atoms with van der Waals surface area (Å²) in [7, 11) is 0. The molecule has 1 N–H and O–H groups in total. The fourth-order valence-electron chi connectivity index (χ4n) is 2.17. The normalized spacial score (nSPS) is 14.2. The van der Waals surface area contributed by atoms with Crippen LogP contribution in [0.15, 0.2) is 24.3 Å². The summed E-state index contributed by atoms with van der Waals surface area (Å²) in [5.41, 5.74) is 1.28. The summed E-state index contributed by atoms with van der Waals surface area (Å²) in [6, 6.07) is 9.06. The Bertz CT molecular complexity index is 375. The van der Waals surface area contributed by atoms with Gasteiger partial charge in [0.2, 0.25) is 0 Å². The van der Waals surface area contributed by atoms with Crippen LogP contribution in [0.3, 0.4) is 0 Å². The second-order valence-corrected chi connectivity index (χ2v) is 5.82. The molecule has 0 aromatic heterocycles. The monoisotopic (exact) mass is 293 g/mol. The van der Waals surface area contributed by atoms with Crippen molar-refractivity contribution in [3.05, 3.63) is 29.8 Å². The van der Waals surface area contributed by atoms with Crippen molar-refractivity contribution in [2.75, 3.05) is 19.8 Å². The van der Waals surface area contributed by atoms with Gasteiger partial charge < -0.3 is 14.8 Å². The van der Waals surface area contributed by atoms with Gasteiger partial charge in [-0.3, -0.25) is 0 Å². The van der Waals surface area contributed by atoms with E-state index in [4.69, 9.17) is 9.47 Å². The lowest BCUT2D eigenvalue weighted by atomic mass is 10.0. The number of nitrogens with one attached hydrogen (secondary N) is 1. The van der Waals surface area contributed by atoms with Gasteiger partial charge in [0, 0.05) is 18.7 Å². The van der Waals surface area contributed by atoms with Gasteiger partial charge in [0.15, 0.2) is 0 Å². The third-order valence-corrected chi connectivity index (χ3v) is 3.62. The van der Waals surface area contributed by atoms with Crippen LogP contribution in [0.5, 0.6) is 5.75 Å². The zero-order chi connectivity index (χ0) is 15.7. The van der Waals surface area contributed by atoms with E-state index < -0.39 is 0 Å². The van der Waals surface area contributed by atoms with Crippen molar-refractivity contribution in [2.24, 2.45) is 5.92 Å². The molecule has 1 rings (SSSR count). The van der Waals surface area contributed by atoms with Gasteiger partial charge in [-0.1, -0.05) is 32.9 Å². The van der Waals surface area contributed by atoms with E-state index in [0.29, 0.717) is 18.0 Å². The Hall–Kier alpha value is -1.06. The van der Waals surface area contributed by atoms with Crippen LogP contribution in [0.1, 0.15) is 52.6 Å². The smallest absolute Gasteiger partial charge is 0.119 e. The Morgan fingerprint density at radius 1 is 1.05 bits per heavy atom. The fourth-order valence-corrected chi connectivity index (χ4v) is 2.17. The van der Waals surface area contributed by atoms with Crippen LogP contribution in [0.25, 0.3) is 0 Å². The van der Waals surface area contributed by atoms with Crippen molar-refractivity contribution in [1.82, 2.24) is 5.32 Å². The summed E-state index contributed by atoms with van der Waals surface area (Å²) < 4.78 is 11.2. The summed E-state index contributed by atoms with van der Waals surface area (Å²) in [6.45, 7) is 13.1. The second-order valence-electron chi connectivity index (χ2n) is 5.82. The molecule has 0 radical (unpaired) electrons. The highest BCUT2D eigenvalue weighted by atomic mass is 16.5. The van der Waals surface area contributed by atoms with Gasteiger partial charge in [-0.05, 0) is 43.9 Å². The van der Waals surface area contributed by atoms with Crippen LogP contribution in [0.2, 0.25) is 0 Å². The number of benzene rings is 1. The van der Waals surface area contributed by atoms with Gasteiger partial charge in [-0.2, -0.15) is 0 Å². The zero-order valence-corrected chi connectivity index (χ0v) is 14.2. The lowest BCUT2D eigenvalue weighted by molar-refractivity contribution is 0.104. The molecule has 0 amide bonds. The van der Waals surface area contributed by atoms with Crippen LogP contribution >= 0.6 is 0 Å². The van der Waals surface area contributed by atoms with E-state index in [1.807, 2.05) is 6.92 Å². The number of hydrogen-bond donors (Lipinski definition) is 1. The first kappa shape index (κ1) is 18.0. The molecule has 0 saturated heterocycles. The maximum Gasteiger partial charge on any atom is 0.119 e. The summed E-state index contributed by atoms with van der Waals surface area (Å²) >= 11 is 0. The van der Waals surface area contributed by atoms with E-state index in [1.165, 1.54) is 5.56 Å². The highest BCUT2D eigenvalue weighted by molar-refractivity contribution is 5.29. The SMILES string of the molecule is CCCOc1ccc(C(C)NC(COCC)C(C)C)cc1. The molecule has 2 atom stereocenters. The molecule has 2 unspecified atom stereocenters. The summed E-state index contributed by atoms with van der Waals surface area (Å²) in [5.74, 6) is 1.49. The molecule has 0 fully saturated rings. The molecule has 3 heteroatoms. The van der Waals surface area contributed by atoms with Crippen molar-refractivity contribution in [2.45, 2.75) is 53.1 Å². The van der Waals surface area contributed by atoms with Crippen LogP contribution in [0, 0.1) is 5.92 Å². The average molecular weight is 293 g/mol. The molecular weight excluding hydrogens is 262 g/mol. The topological polar surface area (TPSA) is 30.5 Å². The van der Waals surface area contributed by atoms with Gasteiger partial charge in [-0.25, -0.2) is 0 Å². The molecule has 120 valence electrons. The van der Waals surface area contributed by atoms with Crippen molar-refractivity contribution < 1.29 is 9.47 Å². The lowest BCUT2D eigenvalue weighted by Crippen LogP contribution is -2.39. The van der Waals surface area contributed by atoms with Crippen molar-refractivity contribution in [3.8, 4) is 5.75 Å². The Balaban J connectivity index is 2.58. The van der Waals surface area contributed by atoms with Crippen LogP contribution in [-0.4, -0.2) is 25.9 Å². The molecule has 21 heavy (non-hydrogen) atoms. The first-order chi connectivity index (χ1) is 10.1. The van der Waals surface area contributed by atoms with Gasteiger partial charge in [0.05, 0.1) is 13.2 Å². The Morgan fingerprint density at radius 2 is 1.71 bits per heavy atom. The molecule has 0 saturated carbocycles. The van der Waals surface area contributed by atoms with Crippen molar-refractivity contribution in [1.29, 1.82) is 0 Å². The first-order valence-corrected chi connectivity index (χ1v) is 8.15. The molecule has 0 spiro atoms. The highest BCUT2D eigenvalue weighted by Gasteiger charge is 2.16. The second kappa shape index (κ2) is 9.80. The minimum Gasteiger partial charge on any atom is -0.494 e. The molecule has 1 aromatic rings. The molecule has 1 aromatic carbocycles. The summed E-state index contributed by atoms with van der Waals surface area (Å²) in [5, 5.41) is 3.66. The van der Waals surface area contributed by atoms with Crippen LogP contribution in [-0.2, 0) is 4.74 Å². The van der Waals surface area contributed by atoms with Gasteiger partial charge in [0.1, 0.15) is 5.75 Å². The zero-order valence-electron chi connectivity index (χ0n) is 14.2. The maximum absolute atomic E-state index is 5.62. The Morgan fingerprint density at radius 3 is 2.24 bits per heavy atom. The molecular formula is C18H31NO2. The van der Waals surface area contributed by atoms with E-state index in [2.05, 4.69) is 57.3 Å². The number of ether oxygens (including phenoxy) is 2. The van der Waals surface area contributed by atoms with E-state index in [9.17, 15) is 0 Å². The number of hydrogen-bond acceptors (Lipinski definition) is 3. The molecule has 0 bridgehead atoms. The van der Waals surface area contributed by atoms with E-state index in [-0.39, 0.29) is 0 Å². The van der Waals surface area contributed by atoms with Crippen molar-refractivity contribution in [3.63, 3.8) is 0 Å². The van der Waals surface area contributed by atoms with Gasteiger partial charge in [-0.15, -0.1) is 0 Å². The molecule has 0 aliphatic heterocycles. The number of rotatable bonds is 10.